The van der Waals surface area contributed by atoms with Crippen molar-refractivity contribution in [3.63, 3.8) is 0 Å². The van der Waals surface area contributed by atoms with E-state index in [1.54, 1.807) is 7.11 Å². The smallest absolute Gasteiger partial charge is 0.228 e. The Balaban J connectivity index is 1.63. The summed E-state index contributed by atoms with van der Waals surface area (Å²) in [6, 6.07) is 16.7. The van der Waals surface area contributed by atoms with Crippen molar-refractivity contribution in [3.05, 3.63) is 54.1 Å². The van der Waals surface area contributed by atoms with Gasteiger partial charge in [-0.3, -0.25) is 0 Å². The van der Waals surface area contributed by atoms with E-state index in [-0.39, 0.29) is 0 Å². The van der Waals surface area contributed by atoms with Gasteiger partial charge in [0.15, 0.2) is 0 Å². The maximum Gasteiger partial charge on any atom is 0.228 e. The Bertz CT molecular complexity index is 1110. The van der Waals surface area contributed by atoms with E-state index in [1.165, 1.54) is 11.3 Å². The number of hydrogen-bond acceptors (Lipinski definition) is 7. The van der Waals surface area contributed by atoms with Gasteiger partial charge in [-0.15, -0.1) is 0 Å². The maximum absolute atomic E-state index is 5.56. The number of benzene rings is 2. The van der Waals surface area contributed by atoms with E-state index in [4.69, 9.17) is 19.4 Å². The number of anilines is 4. The fourth-order valence-electron chi connectivity index (χ4n) is 4.35. The molecule has 0 amide bonds. The second-order valence-electron chi connectivity index (χ2n) is 8.32. The first-order chi connectivity index (χ1) is 15.6. The Labute approximate surface area is 189 Å². The van der Waals surface area contributed by atoms with Gasteiger partial charge in [-0.05, 0) is 36.8 Å². The fraction of sp³-hybridized carbons (Fsp3) is 0.360. The lowest BCUT2D eigenvalue weighted by Gasteiger charge is -2.28. The highest BCUT2D eigenvalue weighted by Gasteiger charge is 2.29. The standard InChI is InChI=1S/C25H29N5O2/c1-28(2)19-7-5-8-20(17-19)30-11-10-22-23(18-6-4-9-21(16-18)31-3)26-25(27-24(22)30)29-12-14-32-15-13-29/h4-9,16-17H,10-15H2,1-3H3. The zero-order chi connectivity index (χ0) is 22.1. The predicted molar refractivity (Wildman–Crippen MR) is 129 cm³/mol. The largest absolute Gasteiger partial charge is 0.497 e. The van der Waals surface area contributed by atoms with E-state index in [0.717, 1.165) is 60.5 Å². The average molecular weight is 432 g/mol. The minimum Gasteiger partial charge on any atom is -0.497 e. The quantitative estimate of drug-likeness (QED) is 0.610. The van der Waals surface area contributed by atoms with Crippen molar-refractivity contribution in [1.29, 1.82) is 0 Å². The minimum absolute atomic E-state index is 0.698. The summed E-state index contributed by atoms with van der Waals surface area (Å²) in [7, 11) is 5.83. The summed E-state index contributed by atoms with van der Waals surface area (Å²) in [6.45, 7) is 3.87. The van der Waals surface area contributed by atoms with Crippen molar-refractivity contribution < 1.29 is 9.47 Å². The van der Waals surface area contributed by atoms with Crippen molar-refractivity contribution in [2.45, 2.75) is 6.42 Å². The van der Waals surface area contributed by atoms with Crippen molar-refractivity contribution in [3.8, 4) is 17.0 Å². The molecule has 0 atom stereocenters. The number of hydrogen-bond donors (Lipinski definition) is 0. The second-order valence-corrected chi connectivity index (χ2v) is 8.32. The highest BCUT2D eigenvalue weighted by molar-refractivity contribution is 5.78. The third kappa shape index (κ3) is 3.84. The van der Waals surface area contributed by atoms with Crippen LogP contribution in [0.5, 0.6) is 5.75 Å². The Kier molecular flexibility index (Phi) is 5.57. The Morgan fingerprint density at radius 1 is 0.969 bits per heavy atom. The molecule has 1 aromatic heterocycles. The van der Waals surface area contributed by atoms with Crippen molar-refractivity contribution in [1.82, 2.24) is 9.97 Å². The monoisotopic (exact) mass is 431 g/mol. The molecule has 32 heavy (non-hydrogen) atoms. The van der Waals surface area contributed by atoms with Crippen LogP contribution in [0.2, 0.25) is 0 Å². The zero-order valence-corrected chi connectivity index (χ0v) is 18.9. The van der Waals surface area contributed by atoms with Crippen LogP contribution >= 0.6 is 0 Å². The number of aromatic nitrogens is 2. The minimum atomic E-state index is 0.698. The third-order valence-electron chi connectivity index (χ3n) is 6.11. The first kappa shape index (κ1) is 20.6. The molecule has 0 aliphatic carbocycles. The predicted octanol–water partition coefficient (Wildman–Crippen LogP) is 3.75. The summed E-state index contributed by atoms with van der Waals surface area (Å²) in [5, 5.41) is 0. The molecular formula is C25H29N5O2. The van der Waals surface area contributed by atoms with Crippen LogP contribution in [-0.4, -0.2) is 64.0 Å². The molecule has 3 heterocycles. The van der Waals surface area contributed by atoms with Crippen LogP contribution in [0, 0.1) is 0 Å². The van der Waals surface area contributed by atoms with Gasteiger partial charge in [0.1, 0.15) is 11.6 Å². The summed E-state index contributed by atoms with van der Waals surface area (Å²) in [5.74, 6) is 2.59. The Morgan fingerprint density at radius 2 is 1.78 bits per heavy atom. The lowest BCUT2D eigenvalue weighted by atomic mass is 10.1. The molecule has 2 aromatic carbocycles. The lowest BCUT2D eigenvalue weighted by Crippen LogP contribution is -2.37. The molecule has 5 rings (SSSR count). The molecular weight excluding hydrogens is 402 g/mol. The third-order valence-corrected chi connectivity index (χ3v) is 6.11. The van der Waals surface area contributed by atoms with Gasteiger partial charge in [0, 0.05) is 56.2 Å². The highest BCUT2D eigenvalue weighted by Crippen LogP contribution is 2.40. The van der Waals surface area contributed by atoms with Gasteiger partial charge in [0.05, 0.1) is 26.0 Å². The van der Waals surface area contributed by atoms with Crippen LogP contribution in [0.3, 0.4) is 0 Å². The molecule has 3 aromatic rings. The van der Waals surface area contributed by atoms with E-state index >= 15 is 0 Å². The summed E-state index contributed by atoms with van der Waals surface area (Å²) in [6.07, 6.45) is 0.900. The molecule has 0 saturated carbocycles. The van der Waals surface area contributed by atoms with Crippen LogP contribution in [-0.2, 0) is 11.2 Å². The molecule has 0 N–H and O–H groups in total. The molecule has 1 fully saturated rings. The number of fused-ring (bicyclic) bond motifs is 1. The van der Waals surface area contributed by atoms with Gasteiger partial charge < -0.3 is 24.2 Å². The number of rotatable bonds is 5. The van der Waals surface area contributed by atoms with Crippen LogP contribution in [0.4, 0.5) is 23.1 Å². The molecule has 7 heteroatoms. The van der Waals surface area contributed by atoms with Gasteiger partial charge in [-0.2, -0.15) is 4.98 Å². The van der Waals surface area contributed by atoms with Crippen molar-refractivity contribution >= 4 is 23.1 Å². The van der Waals surface area contributed by atoms with Crippen LogP contribution in [0.25, 0.3) is 11.3 Å². The Morgan fingerprint density at radius 3 is 2.56 bits per heavy atom. The molecule has 0 spiro atoms. The van der Waals surface area contributed by atoms with E-state index in [2.05, 4.69) is 65.2 Å². The van der Waals surface area contributed by atoms with Crippen LogP contribution < -0.4 is 19.4 Å². The molecule has 166 valence electrons. The van der Waals surface area contributed by atoms with Crippen molar-refractivity contribution in [2.24, 2.45) is 0 Å². The molecule has 2 aliphatic heterocycles. The van der Waals surface area contributed by atoms with Crippen LogP contribution in [0.15, 0.2) is 48.5 Å². The fourth-order valence-corrected chi connectivity index (χ4v) is 4.35. The zero-order valence-electron chi connectivity index (χ0n) is 18.9. The molecule has 7 nitrogen and oxygen atoms in total. The summed E-state index contributed by atoms with van der Waals surface area (Å²) in [4.78, 5) is 16.8. The summed E-state index contributed by atoms with van der Waals surface area (Å²) < 4.78 is 11.0. The van der Waals surface area contributed by atoms with Gasteiger partial charge >= 0.3 is 0 Å². The first-order valence-corrected chi connectivity index (χ1v) is 11.1. The molecule has 0 unspecified atom stereocenters. The number of nitrogens with zero attached hydrogens (tertiary/aromatic N) is 5. The van der Waals surface area contributed by atoms with E-state index in [0.29, 0.717) is 13.2 Å². The van der Waals surface area contributed by atoms with Crippen molar-refractivity contribution in [2.75, 3.05) is 68.8 Å². The molecule has 1 saturated heterocycles. The van der Waals surface area contributed by atoms with Gasteiger partial charge in [0.2, 0.25) is 5.95 Å². The topological polar surface area (TPSA) is 54.0 Å². The van der Waals surface area contributed by atoms with E-state index in [9.17, 15) is 0 Å². The second kappa shape index (κ2) is 8.67. The van der Waals surface area contributed by atoms with E-state index < -0.39 is 0 Å². The van der Waals surface area contributed by atoms with Gasteiger partial charge in [-0.25, -0.2) is 4.98 Å². The Hall–Kier alpha value is -3.32. The highest BCUT2D eigenvalue weighted by atomic mass is 16.5. The van der Waals surface area contributed by atoms with Gasteiger partial charge in [0.25, 0.3) is 0 Å². The maximum atomic E-state index is 5.56. The molecule has 2 aliphatic rings. The number of ether oxygens (including phenoxy) is 2. The average Bonchev–Trinajstić information content (AvgIpc) is 3.28. The molecule has 0 bridgehead atoms. The van der Waals surface area contributed by atoms with Crippen LogP contribution in [0.1, 0.15) is 5.56 Å². The number of morpholine rings is 1. The SMILES string of the molecule is COc1cccc(-c2nc(N3CCOCC3)nc3c2CCN3c2cccc(N(C)C)c2)c1. The summed E-state index contributed by atoms with van der Waals surface area (Å²) in [5.41, 5.74) is 5.55. The lowest BCUT2D eigenvalue weighted by molar-refractivity contribution is 0.122. The first-order valence-electron chi connectivity index (χ1n) is 11.1. The number of methoxy groups -OCH3 is 1. The van der Waals surface area contributed by atoms with Gasteiger partial charge in [-0.1, -0.05) is 18.2 Å². The molecule has 0 radical (unpaired) electrons. The normalized spacial score (nSPS) is 15.6. The summed E-state index contributed by atoms with van der Waals surface area (Å²) >= 11 is 0. The van der Waals surface area contributed by atoms with E-state index in [1.807, 2.05) is 12.1 Å².